The summed E-state index contributed by atoms with van der Waals surface area (Å²) in [7, 11) is -1.35. The first-order valence-electron chi connectivity index (χ1n) is 9.36. The molecule has 0 spiro atoms. The van der Waals surface area contributed by atoms with Crippen LogP contribution in [-0.4, -0.2) is 50.1 Å². The van der Waals surface area contributed by atoms with E-state index in [0.29, 0.717) is 6.04 Å². The third-order valence-electron chi connectivity index (χ3n) is 4.59. The summed E-state index contributed by atoms with van der Waals surface area (Å²) in [5.74, 6) is 3.47. The average Bonchev–Trinajstić information content (AvgIpc) is 2.48. The van der Waals surface area contributed by atoms with Gasteiger partial charge in [-0.15, -0.1) is 5.54 Å². The maximum Gasteiger partial charge on any atom is 0.129 e. The lowest BCUT2D eigenvalue weighted by molar-refractivity contribution is 0.132. The highest BCUT2D eigenvalue weighted by molar-refractivity contribution is 6.83. The van der Waals surface area contributed by atoms with Crippen LogP contribution in [0, 0.1) is 11.5 Å². The number of allylic oxidation sites excluding steroid dienone is 5. The normalized spacial score (nSPS) is 20.5. The highest BCUT2D eigenvalue weighted by Crippen LogP contribution is 2.20. The molecule has 1 fully saturated rings. The summed E-state index contributed by atoms with van der Waals surface area (Å²) in [6.07, 6.45) is 9.30. The van der Waals surface area contributed by atoms with Crippen molar-refractivity contribution in [3.63, 3.8) is 0 Å². The fraction of sp³-hybridized carbons (Fsp3) is 0.619. The second-order valence-electron chi connectivity index (χ2n) is 8.37. The van der Waals surface area contributed by atoms with E-state index in [-0.39, 0.29) is 0 Å². The van der Waals surface area contributed by atoms with Crippen molar-refractivity contribution in [3.05, 3.63) is 35.1 Å². The first-order chi connectivity index (χ1) is 11.2. The van der Waals surface area contributed by atoms with Gasteiger partial charge in [0.1, 0.15) is 8.07 Å². The van der Waals surface area contributed by atoms with E-state index in [1.165, 1.54) is 16.8 Å². The van der Waals surface area contributed by atoms with Crippen LogP contribution in [0.25, 0.3) is 0 Å². The molecule has 0 N–H and O–H groups in total. The van der Waals surface area contributed by atoms with Crippen LogP contribution in [0.1, 0.15) is 33.6 Å². The Bertz CT molecular complexity index is 586. The van der Waals surface area contributed by atoms with Gasteiger partial charge >= 0.3 is 0 Å². The van der Waals surface area contributed by atoms with Crippen molar-refractivity contribution in [3.8, 4) is 11.5 Å². The second-order valence-corrected chi connectivity index (χ2v) is 13.1. The topological polar surface area (TPSA) is 6.48 Å². The molecular weight excluding hydrogens is 308 g/mol. The lowest BCUT2D eigenvalue weighted by atomic mass is 10.0. The van der Waals surface area contributed by atoms with Crippen molar-refractivity contribution >= 4 is 8.07 Å². The minimum Gasteiger partial charge on any atom is -0.369 e. The molecule has 2 rings (SSSR count). The Labute approximate surface area is 150 Å². The summed E-state index contributed by atoms with van der Waals surface area (Å²) in [6.45, 7) is 18.3. The Morgan fingerprint density at radius 2 is 1.71 bits per heavy atom. The van der Waals surface area contributed by atoms with Crippen LogP contribution < -0.4 is 0 Å². The predicted molar refractivity (Wildman–Crippen MR) is 109 cm³/mol. The molecule has 132 valence electrons. The van der Waals surface area contributed by atoms with Gasteiger partial charge in [0.2, 0.25) is 0 Å². The molecule has 0 saturated carbocycles. The van der Waals surface area contributed by atoms with E-state index in [0.717, 1.165) is 39.0 Å². The molecule has 3 heteroatoms. The minimum absolute atomic E-state index is 0.651. The maximum atomic E-state index is 3.53. The monoisotopic (exact) mass is 342 g/mol. The summed E-state index contributed by atoms with van der Waals surface area (Å²) >= 11 is 0. The molecule has 2 aliphatic rings. The molecule has 0 aromatic heterocycles. The molecule has 0 aromatic carbocycles. The molecule has 24 heavy (non-hydrogen) atoms. The van der Waals surface area contributed by atoms with Gasteiger partial charge in [-0.2, -0.15) is 0 Å². The standard InChI is InChI=1S/C21H34N2Si/c1-18(2)22-11-13-23(14-12-22)21-9-7-8-19(3)16-20(17-21)10-15-24(4,5)6/h9,16-18H,7-8,11-14H2,1-6H3. The van der Waals surface area contributed by atoms with E-state index in [1.807, 2.05) is 0 Å². The average molecular weight is 343 g/mol. The van der Waals surface area contributed by atoms with Crippen LogP contribution in [0.5, 0.6) is 0 Å². The Morgan fingerprint density at radius 1 is 1.04 bits per heavy atom. The van der Waals surface area contributed by atoms with Gasteiger partial charge in [-0.1, -0.05) is 37.2 Å². The van der Waals surface area contributed by atoms with Crippen molar-refractivity contribution in [1.82, 2.24) is 9.80 Å². The molecule has 1 saturated heterocycles. The number of nitrogens with zero attached hydrogens (tertiary/aromatic N) is 2. The first kappa shape index (κ1) is 19.1. The third-order valence-corrected chi connectivity index (χ3v) is 5.46. The summed E-state index contributed by atoms with van der Waals surface area (Å²) in [5, 5.41) is 0. The zero-order valence-corrected chi connectivity index (χ0v) is 17.4. The quantitative estimate of drug-likeness (QED) is 0.540. The molecule has 2 nitrogen and oxygen atoms in total. The van der Waals surface area contributed by atoms with Crippen molar-refractivity contribution in [2.45, 2.75) is 59.3 Å². The SMILES string of the molecule is CC1=CC(C#C[Si](C)(C)C)=CC(N2CCN(C(C)C)CC2)=CCC1. The second kappa shape index (κ2) is 8.23. The summed E-state index contributed by atoms with van der Waals surface area (Å²) in [5.41, 5.74) is 7.53. The Hall–Kier alpha value is -1.24. The first-order valence-corrected chi connectivity index (χ1v) is 12.9. The van der Waals surface area contributed by atoms with Crippen molar-refractivity contribution in [2.24, 2.45) is 0 Å². The van der Waals surface area contributed by atoms with Gasteiger partial charge in [-0.25, -0.2) is 0 Å². The van der Waals surface area contributed by atoms with Crippen LogP contribution in [-0.2, 0) is 0 Å². The molecule has 1 aliphatic heterocycles. The molecule has 0 unspecified atom stereocenters. The molecule has 0 aromatic rings. The van der Waals surface area contributed by atoms with E-state index in [1.54, 1.807) is 0 Å². The molecule has 0 atom stereocenters. The van der Waals surface area contributed by atoms with E-state index >= 15 is 0 Å². The Kier molecular flexibility index (Phi) is 6.54. The van der Waals surface area contributed by atoms with Gasteiger partial charge in [0.25, 0.3) is 0 Å². The summed E-state index contributed by atoms with van der Waals surface area (Å²) in [4.78, 5) is 5.11. The molecule has 1 aliphatic carbocycles. The van der Waals surface area contributed by atoms with Crippen LogP contribution in [0.4, 0.5) is 0 Å². The van der Waals surface area contributed by atoms with Gasteiger partial charge in [0.15, 0.2) is 0 Å². The van der Waals surface area contributed by atoms with Gasteiger partial charge in [0.05, 0.1) is 0 Å². The van der Waals surface area contributed by atoms with E-state index in [4.69, 9.17) is 0 Å². The highest BCUT2D eigenvalue weighted by Gasteiger charge is 2.20. The predicted octanol–water partition coefficient (Wildman–Crippen LogP) is 4.44. The summed E-state index contributed by atoms with van der Waals surface area (Å²) in [6, 6.07) is 0.651. The maximum absolute atomic E-state index is 3.53. The zero-order chi connectivity index (χ0) is 17.7. The number of rotatable bonds is 2. The molecule has 1 heterocycles. The minimum atomic E-state index is -1.35. The lowest BCUT2D eigenvalue weighted by Gasteiger charge is -2.38. The fourth-order valence-corrected chi connectivity index (χ4v) is 3.61. The van der Waals surface area contributed by atoms with Crippen molar-refractivity contribution in [2.75, 3.05) is 26.2 Å². The highest BCUT2D eigenvalue weighted by atomic mass is 28.3. The Morgan fingerprint density at radius 3 is 2.29 bits per heavy atom. The number of piperazine rings is 1. The third kappa shape index (κ3) is 6.00. The molecule has 0 amide bonds. The van der Waals surface area contributed by atoms with Crippen LogP contribution in [0.3, 0.4) is 0 Å². The van der Waals surface area contributed by atoms with Crippen molar-refractivity contribution < 1.29 is 0 Å². The Balaban J connectivity index is 2.19. The molecule has 0 bridgehead atoms. The smallest absolute Gasteiger partial charge is 0.129 e. The van der Waals surface area contributed by atoms with Gasteiger partial charge in [-0.05, 0) is 45.8 Å². The van der Waals surface area contributed by atoms with E-state index < -0.39 is 8.07 Å². The number of hydrogen-bond donors (Lipinski definition) is 0. The van der Waals surface area contributed by atoms with Crippen molar-refractivity contribution in [1.29, 1.82) is 0 Å². The lowest BCUT2D eigenvalue weighted by Crippen LogP contribution is -2.48. The molecular formula is C21H34N2Si. The van der Waals surface area contributed by atoms with Crippen LogP contribution in [0.2, 0.25) is 19.6 Å². The fourth-order valence-electron chi connectivity index (χ4n) is 3.09. The zero-order valence-electron chi connectivity index (χ0n) is 16.4. The van der Waals surface area contributed by atoms with E-state index in [2.05, 4.69) is 79.9 Å². The largest absolute Gasteiger partial charge is 0.369 e. The van der Waals surface area contributed by atoms with E-state index in [9.17, 15) is 0 Å². The molecule has 0 radical (unpaired) electrons. The van der Waals surface area contributed by atoms with Crippen LogP contribution >= 0.6 is 0 Å². The summed E-state index contributed by atoms with van der Waals surface area (Å²) < 4.78 is 0. The number of hydrogen-bond acceptors (Lipinski definition) is 2. The van der Waals surface area contributed by atoms with Gasteiger partial charge in [-0.3, -0.25) is 4.90 Å². The van der Waals surface area contributed by atoms with Gasteiger partial charge < -0.3 is 4.90 Å². The van der Waals surface area contributed by atoms with Crippen LogP contribution in [0.15, 0.2) is 35.1 Å². The van der Waals surface area contributed by atoms with Gasteiger partial charge in [0, 0.05) is 43.5 Å².